The van der Waals surface area contributed by atoms with Gasteiger partial charge >= 0.3 is 0 Å². The van der Waals surface area contributed by atoms with Crippen molar-refractivity contribution in [3.8, 4) is 0 Å². The molecule has 0 spiro atoms. The fourth-order valence-corrected chi connectivity index (χ4v) is 4.01. The molecule has 5 nitrogen and oxygen atoms in total. The van der Waals surface area contributed by atoms with Gasteiger partial charge in [-0.25, -0.2) is 0 Å². The first-order valence-electron chi connectivity index (χ1n) is 10.2. The number of aliphatic hydroxyl groups excluding tert-OH is 1. The minimum absolute atomic E-state index is 0.168. The lowest BCUT2D eigenvalue weighted by Gasteiger charge is -2.43. The molecule has 1 aromatic carbocycles. The average Bonchev–Trinajstić information content (AvgIpc) is 2.65. The minimum Gasteiger partial charge on any atom is -0.459 e. The van der Waals surface area contributed by atoms with Gasteiger partial charge in [0.2, 0.25) is 6.29 Å². The summed E-state index contributed by atoms with van der Waals surface area (Å²) in [5.74, 6) is 1.23. The monoisotopic (exact) mass is 373 g/mol. The molecule has 1 aliphatic carbocycles. The van der Waals surface area contributed by atoms with Crippen molar-refractivity contribution in [1.82, 2.24) is 5.32 Å². The van der Waals surface area contributed by atoms with Crippen molar-refractivity contribution >= 4 is 5.91 Å². The lowest BCUT2D eigenvalue weighted by Crippen LogP contribution is -2.43. The first-order chi connectivity index (χ1) is 13.2. The second-order valence-electron chi connectivity index (χ2n) is 7.44. The molecule has 2 N–H and O–H groups in total. The zero-order valence-corrected chi connectivity index (χ0v) is 16.1. The normalized spacial score (nSPS) is 25.3. The number of carbonyl (C=O) groups excluding carboxylic acids is 1. The predicted octanol–water partition coefficient (Wildman–Crippen LogP) is 3.38. The van der Waals surface area contributed by atoms with Crippen molar-refractivity contribution < 1.29 is 19.4 Å². The fraction of sp³-hybridized carbons (Fsp3) is 0.591. The molecule has 1 aromatic rings. The highest BCUT2D eigenvalue weighted by molar-refractivity contribution is 5.91. The van der Waals surface area contributed by atoms with Gasteiger partial charge in [-0.05, 0) is 56.1 Å². The molecule has 3 atom stereocenters. The lowest BCUT2D eigenvalue weighted by molar-refractivity contribution is -0.178. The number of hydrogen-bond acceptors (Lipinski definition) is 4. The molecule has 1 saturated carbocycles. The van der Waals surface area contributed by atoms with Crippen molar-refractivity contribution in [3.63, 3.8) is 0 Å². The largest absolute Gasteiger partial charge is 0.459 e. The maximum absolute atomic E-state index is 12.7. The zero-order chi connectivity index (χ0) is 19.1. The van der Waals surface area contributed by atoms with Gasteiger partial charge in [0.25, 0.3) is 5.91 Å². The molecule has 0 unspecified atom stereocenters. The Kier molecular flexibility index (Phi) is 7.30. The van der Waals surface area contributed by atoms with Gasteiger partial charge in [-0.3, -0.25) is 4.79 Å². The van der Waals surface area contributed by atoms with E-state index in [0.717, 1.165) is 18.4 Å². The molecule has 1 amide bonds. The van der Waals surface area contributed by atoms with E-state index >= 15 is 0 Å². The van der Waals surface area contributed by atoms with E-state index in [2.05, 4.69) is 5.32 Å². The summed E-state index contributed by atoms with van der Waals surface area (Å²) < 4.78 is 11.8. The highest BCUT2D eigenvalue weighted by Gasteiger charge is 2.42. The maximum atomic E-state index is 12.7. The first kappa shape index (κ1) is 19.9. The van der Waals surface area contributed by atoms with E-state index in [9.17, 15) is 9.90 Å². The summed E-state index contributed by atoms with van der Waals surface area (Å²) in [5, 5.41) is 12.2. The number of hydrogen-bond donors (Lipinski definition) is 2. The Hall–Kier alpha value is -1.85. The summed E-state index contributed by atoms with van der Waals surface area (Å²) in [4.78, 5) is 12.7. The number of benzene rings is 1. The molecule has 0 bridgehead atoms. The van der Waals surface area contributed by atoms with Crippen LogP contribution in [0, 0.1) is 17.8 Å². The summed E-state index contributed by atoms with van der Waals surface area (Å²) in [7, 11) is 0. The summed E-state index contributed by atoms with van der Waals surface area (Å²) in [6, 6.07) is 9.85. The van der Waals surface area contributed by atoms with Crippen LogP contribution in [0.1, 0.15) is 44.6 Å². The second kappa shape index (κ2) is 9.90. The predicted molar refractivity (Wildman–Crippen MR) is 104 cm³/mol. The third kappa shape index (κ3) is 5.11. The molecule has 1 aliphatic heterocycles. The molecule has 148 valence electrons. The summed E-state index contributed by atoms with van der Waals surface area (Å²) in [6.07, 6.45) is 6.79. The van der Waals surface area contributed by atoms with E-state index in [0.29, 0.717) is 24.8 Å². The standard InChI is InChI=1S/C22H31NO4/c1-2-26-22-18(12-7-13-24)19(17-10-6-11-17)14-20(27-22)21(25)23-15-16-8-4-3-5-9-16/h3-5,8-9,14,17-19,22,24H,2,6-7,10-13,15H2,1H3,(H,23,25)/t18-,19-,22-/m0/s1. The van der Waals surface area contributed by atoms with Crippen molar-refractivity contribution in [1.29, 1.82) is 0 Å². The van der Waals surface area contributed by atoms with E-state index < -0.39 is 6.29 Å². The Morgan fingerprint density at radius 1 is 1.30 bits per heavy atom. The Balaban J connectivity index is 1.72. The smallest absolute Gasteiger partial charge is 0.286 e. The van der Waals surface area contributed by atoms with Gasteiger partial charge in [0, 0.05) is 25.7 Å². The van der Waals surface area contributed by atoms with Crippen LogP contribution >= 0.6 is 0 Å². The SMILES string of the molecule is CCO[C@H]1OC(C(=O)NCc2ccccc2)=C[C@@H](C2CCC2)[C@@H]1CCCO. The number of carbonyl (C=O) groups is 1. The highest BCUT2D eigenvalue weighted by Crippen LogP contribution is 2.44. The van der Waals surface area contributed by atoms with Crippen LogP contribution in [0.3, 0.4) is 0 Å². The molecule has 0 radical (unpaired) electrons. The van der Waals surface area contributed by atoms with Crippen molar-refractivity contribution in [2.75, 3.05) is 13.2 Å². The number of rotatable bonds is 9. The van der Waals surface area contributed by atoms with Crippen LogP contribution in [0.2, 0.25) is 0 Å². The van der Waals surface area contributed by atoms with Gasteiger partial charge in [-0.15, -0.1) is 0 Å². The molecule has 2 aliphatic rings. The maximum Gasteiger partial charge on any atom is 0.286 e. The number of nitrogens with one attached hydrogen (secondary N) is 1. The van der Waals surface area contributed by atoms with Crippen LogP contribution in [0.4, 0.5) is 0 Å². The van der Waals surface area contributed by atoms with Crippen LogP contribution in [-0.4, -0.2) is 30.5 Å². The van der Waals surface area contributed by atoms with E-state index in [-0.39, 0.29) is 24.3 Å². The molecule has 1 heterocycles. The van der Waals surface area contributed by atoms with Gasteiger partial charge in [0.05, 0.1) is 0 Å². The number of amides is 1. The fourth-order valence-electron chi connectivity index (χ4n) is 4.01. The van der Waals surface area contributed by atoms with Gasteiger partial charge in [-0.1, -0.05) is 36.8 Å². The molecule has 1 fully saturated rings. The molecule has 3 rings (SSSR count). The van der Waals surface area contributed by atoms with Gasteiger partial charge in [0.15, 0.2) is 5.76 Å². The summed E-state index contributed by atoms with van der Waals surface area (Å²) in [5.41, 5.74) is 1.06. The third-order valence-corrected chi connectivity index (χ3v) is 5.67. The van der Waals surface area contributed by atoms with Crippen molar-refractivity contribution in [3.05, 3.63) is 47.7 Å². The Labute approximate surface area is 161 Å². The highest BCUT2D eigenvalue weighted by atomic mass is 16.7. The second-order valence-corrected chi connectivity index (χ2v) is 7.44. The minimum atomic E-state index is -0.422. The average molecular weight is 373 g/mol. The molecule has 0 aromatic heterocycles. The van der Waals surface area contributed by atoms with Crippen LogP contribution < -0.4 is 5.32 Å². The lowest BCUT2D eigenvalue weighted by atomic mass is 9.68. The van der Waals surface area contributed by atoms with Crippen LogP contribution in [0.25, 0.3) is 0 Å². The number of ether oxygens (including phenoxy) is 2. The van der Waals surface area contributed by atoms with Crippen LogP contribution in [-0.2, 0) is 20.8 Å². The molecule has 5 heteroatoms. The van der Waals surface area contributed by atoms with E-state index in [1.807, 2.05) is 43.3 Å². The Morgan fingerprint density at radius 2 is 2.07 bits per heavy atom. The topological polar surface area (TPSA) is 67.8 Å². The third-order valence-electron chi connectivity index (χ3n) is 5.67. The van der Waals surface area contributed by atoms with Crippen molar-refractivity contribution in [2.24, 2.45) is 17.8 Å². The molecule has 0 saturated heterocycles. The van der Waals surface area contributed by atoms with Gasteiger partial charge < -0.3 is 19.9 Å². The quantitative estimate of drug-likeness (QED) is 0.696. The van der Waals surface area contributed by atoms with Crippen molar-refractivity contribution in [2.45, 2.75) is 51.9 Å². The van der Waals surface area contributed by atoms with Gasteiger partial charge in [-0.2, -0.15) is 0 Å². The number of allylic oxidation sites excluding steroid dienone is 1. The molecular weight excluding hydrogens is 342 g/mol. The zero-order valence-electron chi connectivity index (χ0n) is 16.1. The number of aliphatic hydroxyl groups is 1. The first-order valence-corrected chi connectivity index (χ1v) is 10.2. The van der Waals surface area contributed by atoms with Crippen LogP contribution in [0.5, 0.6) is 0 Å². The van der Waals surface area contributed by atoms with E-state index in [4.69, 9.17) is 9.47 Å². The summed E-state index contributed by atoms with van der Waals surface area (Å²) in [6.45, 7) is 3.12. The van der Waals surface area contributed by atoms with Crippen LogP contribution in [0.15, 0.2) is 42.2 Å². The summed E-state index contributed by atoms with van der Waals surface area (Å²) >= 11 is 0. The Bertz CT molecular complexity index is 626. The van der Waals surface area contributed by atoms with Gasteiger partial charge in [0.1, 0.15) is 0 Å². The van der Waals surface area contributed by atoms with E-state index in [1.54, 1.807) is 0 Å². The molecular formula is C22H31NO4. The van der Waals surface area contributed by atoms with E-state index in [1.165, 1.54) is 19.3 Å². The molecule has 27 heavy (non-hydrogen) atoms. The Morgan fingerprint density at radius 3 is 2.70 bits per heavy atom.